The fourth-order valence-corrected chi connectivity index (χ4v) is 2.70. The van der Waals surface area contributed by atoms with Crippen LogP contribution in [0.5, 0.6) is 0 Å². The first-order chi connectivity index (χ1) is 8.74. The third-order valence-electron chi connectivity index (χ3n) is 3.70. The minimum Gasteiger partial charge on any atom is -0.383 e. The Morgan fingerprint density at radius 2 is 2.17 bits per heavy atom. The van der Waals surface area contributed by atoms with Crippen LogP contribution in [-0.2, 0) is 14.2 Å². The van der Waals surface area contributed by atoms with Crippen LogP contribution >= 0.6 is 0 Å². The first-order valence-electron chi connectivity index (χ1n) is 6.76. The van der Waals surface area contributed by atoms with Crippen molar-refractivity contribution in [2.24, 2.45) is 11.7 Å². The second-order valence-electron chi connectivity index (χ2n) is 4.96. The van der Waals surface area contributed by atoms with Gasteiger partial charge >= 0.3 is 0 Å². The van der Waals surface area contributed by atoms with Crippen LogP contribution in [0.1, 0.15) is 13.3 Å². The van der Waals surface area contributed by atoms with Gasteiger partial charge in [0.1, 0.15) is 0 Å². The van der Waals surface area contributed by atoms with Gasteiger partial charge in [-0.2, -0.15) is 0 Å². The van der Waals surface area contributed by atoms with Gasteiger partial charge in [0.05, 0.1) is 19.8 Å². The molecule has 3 atom stereocenters. The van der Waals surface area contributed by atoms with E-state index in [0.717, 1.165) is 32.8 Å². The van der Waals surface area contributed by atoms with Crippen LogP contribution in [0, 0.1) is 5.92 Å². The monoisotopic (exact) mass is 260 g/mol. The van der Waals surface area contributed by atoms with Gasteiger partial charge < -0.3 is 19.9 Å². The maximum absolute atomic E-state index is 5.98. The third kappa shape index (κ3) is 4.48. The molecule has 2 N–H and O–H groups in total. The van der Waals surface area contributed by atoms with Gasteiger partial charge in [-0.25, -0.2) is 0 Å². The van der Waals surface area contributed by atoms with E-state index in [0.29, 0.717) is 31.2 Å². The van der Waals surface area contributed by atoms with Crippen LogP contribution in [0.25, 0.3) is 0 Å². The highest BCUT2D eigenvalue weighted by Gasteiger charge is 2.31. The Morgan fingerprint density at radius 3 is 2.67 bits per heavy atom. The molecule has 3 unspecified atom stereocenters. The van der Waals surface area contributed by atoms with E-state index in [-0.39, 0.29) is 0 Å². The molecule has 108 valence electrons. The molecule has 0 aromatic carbocycles. The molecular formula is C13H28N2O3. The molecule has 18 heavy (non-hydrogen) atoms. The molecule has 0 saturated carbocycles. The van der Waals surface area contributed by atoms with Gasteiger partial charge in [-0.15, -0.1) is 0 Å². The summed E-state index contributed by atoms with van der Waals surface area (Å²) in [6, 6.07) is 0.701. The zero-order chi connectivity index (χ0) is 13.4. The van der Waals surface area contributed by atoms with Crippen molar-refractivity contribution in [1.29, 1.82) is 0 Å². The van der Waals surface area contributed by atoms with Crippen molar-refractivity contribution in [3.05, 3.63) is 0 Å². The van der Waals surface area contributed by atoms with Gasteiger partial charge in [-0.05, 0) is 13.3 Å². The van der Waals surface area contributed by atoms with Crippen molar-refractivity contribution in [3.8, 4) is 0 Å². The van der Waals surface area contributed by atoms with E-state index in [9.17, 15) is 0 Å². The molecule has 0 radical (unpaired) electrons. The lowest BCUT2D eigenvalue weighted by molar-refractivity contribution is 0.0278. The molecule has 1 aliphatic rings. The van der Waals surface area contributed by atoms with Crippen LogP contribution in [-0.4, -0.2) is 70.7 Å². The van der Waals surface area contributed by atoms with E-state index in [1.807, 2.05) is 0 Å². The van der Waals surface area contributed by atoms with Crippen molar-refractivity contribution < 1.29 is 14.2 Å². The quantitative estimate of drug-likeness (QED) is 0.647. The molecule has 0 amide bonds. The fourth-order valence-electron chi connectivity index (χ4n) is 2.70. The van der Waals surface area contributed by atoms with Crippen molar-refractivity contribution >= 4 is 0 Å². The summed E-state index contributed by atoms with van der Waals surface area (Å²) >= 11 is 0. The lowest BCUT2D eigenvalue weighted by Gasteiger charge is -2.38. The average Bonchev–Trinajstić information content (AvgIpc) is 2.88. The Bertz CT molecular complexity index is 210. The first-order valence-corrected chi connectivity index (χ1v) is 6.76. The van der Waals surface area contributed by atoms with E-state index in [1.165, 1.54) is 0 Å². The number of hydrogen-bond donors (Lipinski definition) is 1. The highest BCUT2D eigenvalue weighted by Crippen LogP contribution is 2.22. The molecule has 0 aromatic heterocycles. The molecule has 1 aliphatic heterocycles. The van der Waals surface area contributed by atoms with E-state index in [1.54, 1.807) is 14.2 Å². The molecule has 0 spiro atoms. The molecular weight excluding hydrogens is 232 g/mol. The standard InChI is InChI=1S/C13H28N2O3/c1-11(9-17-3)15(5-7-16-2)13(8-14)12-4-6-18-10-12/h11-13H,4-10,14H2,1-3H3. The van der Waals surface area contributed by atoms with Gasteiger partial charge in [0.25, 0.3) is 0 Å². The molecule has 5 heteroatoms. The van der Waals surface area contributed by atoms with Crippen molar-refractivity contribution in [2.75, 3.05) is 53.7 Å². The molecule has 1 fully saturated rings. The van der Waals surface area contributed by atoms with Crippen LogP contribution in [0.4, 0.5) is 0 Å². The number of nitrogens with zero attached hydrogens (tertiary/aromatic N) is 1. The molecule has 1 heterocycles. The van der Waals surface area contributed by atoms with Gasteiger partial charge in [0, 0.05) is 51.9 Å². The van der Waals surface area contributed by atoms with Crippen LogP contribution in [0.3, 0.4) is 0 Å². The molecule has 0 bridgehead atoms. The summed E-state index contributed by atoms with van der Waals surface area (Å²) in [4.78, 5) is 2.41. The Labute approximate surface area is 111 Å². The number of rotatable bonds is 9. The Balaban J connectivity index is 2.63. The Kier molecular flexibility index (Phi) is 7.77. The second kappa shape index (κ2) is 8.82. The SMILES string of the molecule is COCCN(C(C)COC)C(CN)C1CCOC1. The van der Waals surface area contributed by atoms with Crippen LogP contribution < -0.4 is 5.73 Å². The number of methoxy groups -OCH3 is 2. The Hall–Kier alpha value is -0.200. The van der Waals surface area contributed by atoms with Crippen molar-refractivity contribution in [1.82, 2.24) is 4.90 Å². The number of hydrogen-bond acceptors (Lipinski definition) is 5. The minimum atomic E-state index is 0.347. The molecule has 1 saturated heterocycles. The minimum absolute atomic E-state index is 0.347. The van der Waals surface area contributed by atoms with E-state index in [4.69, 9.17) is 19.9 Å². The Morgan fingerprint density at radius 1 is 1.39 bits per heavy atom. The summed E-state index contributed by atoms with van der Waals surface area (Å²) in [7, 11) is 3.47. The zero-order valence-electron chi connectivity index (χ0n) is 11.9. The predicted octanol–water partition coefficient (Wildman–Crippen LogP) is 0.334. The van der Waals surface area contributed by atoms with Crippen molar-refractivity contribution in [3.63, 3.8) is 0 Å². The van der Waals surface area contributed by atoms with E-state index < -0.39 is 0 Å². The second-order valence-corrected chi connectivity index (χ2v) is 4.96. The highest BCUT2D eigenvalue weighted by atomic mass is 16.5. The molecule has 0 aliphatic carbocycles. The van der Waals surface area contributed by atoms with Gasteiger partial charge in [0.2, 0.25) is 0 Å². The fraction of sp³-hybridized carbons (Fsp3) is 1.00. The predicted molar refractivity (Wildman–Crippen MR) is 71.7 cm³/mol. The smallest absolute Gasteiger partial charge is 0.0615 e. The molecule has 1 rings (SSSR count). The van der Waals surface area contributed by atoms with Gasteiger partial charge in [0.15, 0.2) is 0 Å². The molecule has 5 nitrogen and oxygen atoms in total. The largest absolute Gasteiger partial charge is 0.383 e. The van der Waals surface area contributed by atoms with Gasteiger partial charge in [-0.1, -0.05) is 0 Å². The number of nitrogens with two attached hydrogens (primary N) is 1. The van der Waals surface area contributed by atoms with Crippen LogP contribution in [0.15, 0.2) is 0 Å². The normalized spacial score (nSPS) is 23.5. The average molecular weight is 260 g/mol. The van der Waals surface area contributed by atoms with E-state index in [2.05, 4.69) is 11.8 Å². The maximum Gasteiger partial charge on any atom is 0.0615 e. The van der Waals surface area contributed by atoms with Crippen LogP contribution in [0.2, 0.25) is 0 Å². The summed E-state index contributed by atoms with van der Waals surface area (Å²) in [5.74, 6) is 0.533. The van der Waals surface area contributed by atoms with Crippen molar-refractivity contribution in [2.45, 2.75) is 25.4 Å². The summed E-state index contributed by atoms with van der Waals surface area (Å²) < 4.78 is 16.0. The first kappa shape index (κ1) is 15.9. The summed E-state index contributed by atoms with van der Waals surface area (Å²) in [6.07, 6.45) is 1.10. The van der Waals surface area contributed by atoms with Gasteiger partial charge in [-0.3, -0.25) is 4.90 Å². The summed E-state index contributed by atoms with van der Waals surface area (Å²) in [6.45, 7) is 6.84. The maximum atomic E-state index is 5.98. The lowest BCUT2D eigenvalue weighted by Crippen LogP contribution is -2.52. The summed E-state index contributed by atoms with van der Waals surface area (Å²) in [5.41, 5.74) is 5.98. The van der Waals surface area contributed by atoms with E-state index >= 15 is 0 Å². The number of ether oxygens (including phenoxy) is 3. The zero-order valence-corrected chi connectivity index (χ0v) is 11.9. The molecule has 0 aromatic rings. The summed E-state index contributed by atoms with van der Waals surface area (Å²) in [5, 5.41) is 0. The third-order valence-corrected chi connectivity index (χ3v) is 3.70. The topological polar surface area (TPSA) is 57.0 Å². The highest BCUT2D eigenvalue weighted by molar-refractivity contribution is 4.85. The lowest BCUT2D eigenvalue weighted by atomic mass is 9.96.